The van der Waals surface area contributed by atoms with Gasteiger partial charge in [0.2, 0.25) is 0 Å². The summed E-state index contributed by atoms with van der Waals surface area (Å²) in [5.41, 5.74) is 1.13. The van der Waals surface area contributed by atoms with Crippen molar-refractivity contribution >= 4 is 11.6 Å². The van der Waals surface area contributed by atoms with Crippen LogP contribution < -0.4 is 10.1 Å². The minimum absolute atomic E-state index is 0.309. The molecule has 1 aromatic rings. The van der Waals surface area contributed by atoms with E-state index in [0.29, 0.717) is 6.04 Å². The van der Waals surface area contributed by atoms with Crippen molar-refractivity contribution in [3.8, 4) is 5.75 Å². The van der Waals surface area contributed by atoms with Gasteiger partial charge in [-0.05, 0) is 31.2 Å². The molecular formula is C12H18ClNO. The first-order valence-electron chi connectivity index (χ1n) is 5.29. The van der Waals surface area contributed by atoms with E-state index in [2.05, 4.69) is 19.2 Å². The van der Waals surface area contributed by atoms with Crippen LogP contribution in [0.25, 0.3) is 0 Å². The minimum Gasteiger partial charge on any atom is -0.496 e. The lowest BCUT2D eigenvalue weighted by Crippen LogP contribution is -2.20. The highest BCUT2D eigenvalue weighted by atomic mass is 35.5. The van der Waals surface area contributed by atoms with Crippen molar-refractivity contribution in [2.24, 2.45) is 0 Å². The summed E-state index contributed by atoms with van der Waals surface area (Å²) in [7, 11) is 1.69. The lowest BCUT2D eigenvalue weighted by atomic mass is 10.0. The molecule has 0 saturated carbocycles. The highest BCUT2D eigenvalue weighted by Crippen LogP contribution is 2.29. The summed E-state index contributed by atoms with van der Waals surface area (Å²) in [6, 6.07) is 6.04. The molecule has 3 heteroatoms. The standard InChI is InChI=1S/C12H18ClNO/c1-4-11(14-5-2)10-8-9(13)6-7-12(10)15-3/h6-8,11,14H,4-5H2,1-3H3. The van der Waals surface area contributed by atoms with Crippen molar-refractivity contribution in [1.29, 1.82) is 0 Å². The first-order valence-corrected chi connectivity index (χ1v) is 5.67. The average molecular weight is 228 g/mol. The maximum absolute atomic E-state index is 5.99. The third-order valence-electron chi connectivity index (χ3n) is 2.43. The van der Waals surface area contributed by atoms with Gasteiger partial charge in [0.05, 0.1) is 7.11 Å². The summed E-state index contributed by atoms with van der Waals surface area (Å²) in [6.07, 6.45) is 1.02. The van der Waals surface area contributed by atoms with Crippen LogP contribution in [-0.4, -0.2) is 13.7 Å². The van der Waals surface area contributed by atoms with Crippen molar-refractivity contribution in [2.45, 2.75) is 26.3 Å². The van der Waals surface area contributed by atoms with Gasteiger partial charge in [0, 0.05) is 16.6 Å². The highest BCUT2D eigenvalue weighted by molar-refractivity contribution is 6.30. The number of methoxy groups -OCH3 is 1. The maximum atomic E-state index is 5.99. The van der Waals surface area contributed by atoms with Crippen LogP contribution in [-0.2, 0) is 0 Å². The lowest BCUT2D eigenvalue weighted by molar-refractivity contribution is 0.398. The van der Waals surface area contributed by atoms with Gasteiger partial charge in [-0.25, -0.2) is 0 Å². The van der Waals surface area contributed by atoms with Crippen molar-refractivity contribution in [3.05, 3.63) is 28.8 Å². The molecule has 1 rings (SSSR count). The monoisotopic (exact) mass is 227 g/mol. The molecule has 2 nitrogen and oxygen atoms in total. The zero-order valence-corrected chi connectivity index (χ0v) is 10.3. The van der Waals surface area contributed by atoms with E-state index in [1.807, 2.05) is 18.2 Å². The second-order valence-corrected chi connectivity index (χ2v) is 3.84. The Balaban J connectivity index is 3.02. The van der Waals surface area contributed by atoms with E-state index in [0.717, 1.165) is 29.3 Å². The molecule has 0 radical (unpaired) electrons. The number of rotatable bonds is 5. The van der Waals surface area contributed by atoms with Gasteiger partial charge in [-0.1, -0.05) is 25.4 Å². The first kappa shape index (κ1) is 12.3. The molecule has 0 aromatic heterocycles. The quantitative estimate of drug-likeness (QED) is 0.833. The Labute approximate surface area is 96.6 Å². The van der Waals surface area contributed by atoms with Crippen LogP contribution in [0, 0.1) is 0 Å². The Kier molecular flexibility index (Phi) is 4.92. The van der Waals surface area contributed by atoms with E-state index < -0.39 is 0 Å². The summed E-state index contributed by atoms with van der Waals surface area (Å²) < 4.78 is 5.33. The fourth-order valence-electron chi connectivity index (χ4n) is 1.70. The molecule has 0 amide bonds. The second kappa shape index (κ2) is 5.99. The van der Waals surface area contributed by atoms with Crippen LogP contribution in [0.15, 0.2) is 18.2 Å². The van der Waals surface area contributed by atoms with Gasteiger partial charge >= 0.3 is 0 Å². The molecule has 0 saturated heterocycles. The average Bonchev–Trinajstić information content (AvgIpc) is 2.26. The fourth-order valence-corrected chi connectivity index (χ4v) is 1.88. The summed E-state index contributed by atoms with van der Waals surface area (Å²) in [4.78, 5) is 0. The number of nitrogens with one attached hydrogen (secondary N) is 1. The summed E-state index contributed by atoms with van der Waals surface area (Å²) in [6.45, 7) is 5.18. The Hall–Kier alpha value is -0.730. The van der Waals surface area contributed by atoms with E-state index in [4.69, 9.17) is 16.3 Å². The van der Waals surface area contributed by atoms with Gasteiger partial charge in [-0.2, -0.15) is 0 Å². The second-order valence-electron chi connectivity index (χ2n) is 3.40. The summed E-state index contributed by atoms with van der Waals surface area (Å²) in [5, 5.41) is 4.16. The van der Waals surface area contributed by atoms with Crippen LogP contribution in [0.3, 0.4) is 0 Å². The van der Waals surface area contributed by atoms with Crippen LogP contribution in [0.2, 0.25) is 5.02 Å². The SMILES string of the molecule is CCNC(CC)c1cc(Cl)ccc1OC. The predicted octanol–water partition coefficient (Wildman–Crippen LogP) is 3.41. The Morgan fingerprint density at radius 1 is 1.40 bits per heavy atom. The summed E-state index contributed by atoms with van der Waals surface area (Å²) >= 11 is 5.99. The molecule has 84 valence electrons. The van der Waals surface area contributed by atoms with Gasteiger partial charge in [-0.15, -0.1) is 0 Å². The topological polar surface area (TPSA) is 21.3 Å². The van der Waals surface area contributed by atoms with Gasteiger partial charge in [0.15, 0.2) is 0 Å². The number of hydrogen-bond acceptors (Lipinski definition) is 2. The number of halogens is 1. The van der Waals surface area contributed by atoms with E-state index in [1.54, 1.807) is 7.11 Å². The van der Waals surface area contributed by atoms with Crippen molar-refractivity contribution in [3.63, 3.8) is 0 Å². The minimum atomic E-state index is 0.309. The van der Waals surface area contributed by atoms with E-state index in [1.165, 1.54) is 0 Å². The van der Waals surface area contributed by atoms with Gasteiger partial charge in [0.1, 0.15) is 5.75 Å². The molecular weight excluding hydrogens is 210 g/mol. The zero-order chi connectivity index (χ0) is 11.3. The Morgan fingerprint density at radius 3 is 2.67 bits per heavy atom. The molecule has 0 aliphatic carbocycles. The van der Waals surface area contributed by atoms with Crippen molar-refractivity contribution in [2.75, 3.05) is 13.7 Å². The first-order chi connectivity index (χ1) is 7.22. The Bertz CT molecular complexity index is 314. The molecule has 15 heavy (non-hydrogen) atoms. The van der Waals surface area contributed by atoms with Crippen molar-refractivity contribution < 1.29 is 4.74 Å². The van der Waals surface area contributed by atoms with E-state index in [-0.39, 0.29) is 0 Å². The van der Waals surface area contributed by atoms with Crippen LogP contribution >= 0.6 is 11.6 Å². The van der Waals surface area contributed by atoms with Gasteiger partial charge in [0.25, 0.3) is 0 Å². The Morgan fingerprint density at radius 2 is 2.13 bits per heavy atom. The zero-order valence-electron chi connectivity index (χ0n) is 9.51. The van der Waals surface area contributed by atoms with Gasteiger partial charge < -0.3 is 10.1 Å². The molecule has 0 spiro atoms. The van der Waals surface area contributed by atoms with Gasteiger partial charge in [-0.3, -0.25) is 0 Å². The van der Waals surface area contributed by atoms with E-state index in [9.17, 15) is 0 Å². The molecule has 0 bridgehead atoms. The molecule has 1 N–H and O–H groups in total. The normalized spacial score (nSPS) is 12.5. The molecule has 1 unspecified atom stereocenters. The maximum Gasteiger partial charge on any atom is 0.123 e. The smallest absolute Gasteiger partial charge is 0.123 e. The van der Waals surface area contributed by atoms with Crippen LogP contribution in [0.1, 0.15) is 31.9 Å². The largest absolute Gasteiger partial charge is 0.496 e. The number of benzene rings is 1. The third kappa shape index (κ3) is 3.11. The molecule has 0 aliphatic rings. The summed E-state index contributed by atoms with van der Waals surface area (Å²) in [5.74, 6) is 0.896. The number of ether oxygens (including phenoxy) is 1. The predicted molar refractivity (Wildman–Crippen MR) is 64.7 cm³/mol. The fraction of sp³-hybridized carbons (Fsp3) is 0.500. The van der Waals surface area contributed by atoms with Crippen LogP contribution in [0.4, 0.5) is 0 Å². The van der Waals surface area contributed by atoms with Crippen molar-refractivity contribution in [1.82, 2.24) is 5.32 Å². The molecule has 1 atom stereocenters. The lowest BCUT2D eigenvalue weighted by Gasteiger charge is -2.19. The molecule has 1 aromatic carbocycles. The highest BCUT2D eigenvalue weighted by Gasteiger charge is 2.13. The third-order valence-corrected chi connectivity index (χ3v) is 2.66. The molecule has 0 heterocycles. The van der Waals surface area contributed by atoms with E-state index >= 15 is 0 Å². The molecule has 0 aliphatic heterocycles. The number of hydrogen-bond donors (Lipinski definition) is 1. The van der Waals surface area contributed by atoms with Crippen LogP contribution in [0.5, 0.6) is 5.75 Å². The molecule has 0 fully saturated rings.